The van der Waals surface area contributed by atoms with Crippen molar-refractivity contribution < 1.29 is 18.7 Å². The first-order valence-electron chi connectivity index (χ1n) is 8.31. The molecule has 6 nitrogen and oxygen atoms in total. The van der Waals surface area contributed by atoms with Gasteiger partial charge >= 0.3 is 0 Å². The zero-order valence-corrected chi connectivity index (χ0v) is 14.1. The van der Waals surface area contributed by atoms with Gasteiger partial charge in [-0.2, -0.15) is 0 Å². The third kappa shape index (κ3) is 3.27. The van der Waals surface area contributed by atoms with E-state index in [4.69, 9.17) is 4.74 Å². The Morgan fingerprint density at radius 3 is 2.11 bits per heavy atom. The van der Waals surface area contributed by atoms with Gasteiger partial charge in [-0.25, -0.2) is 4.39 Å². The SMILES string of the molecule is O=C1c2ccccc2C(=O)N1CCOc1ccc(-c2ccc(F)cc2)nn1. The van der Waals surface area contributed by atoms with E-state index in [1.54, 1.807) is 48.5 Å². The first-order chi connectivity index (χ1) is 13.1. The second-order valence-electron chi connectivity index (χ2n) is 5.92. The standard InChI is InChI=1S/C20H14FN3O3/c21-14-7-5-13(6-8-14)17-9-10-18(23-22-17)27-12-11-24-19(25)15-3-1-2-4-16(15)20(24)26/h1-10H,11-12H2. The number of halogens is 1. The molecule has 2 aromatic carbocycles. The third-order valence-electron chi connectivity index (χ3n) is 4.22. The Kier molecular flexibility index (Phi) is 4.33. The van der Waals surface area contributed by atoms with Crippen LogP contribution in [-0.2, 0) is 0 Å². The summed E-state index contributed by atoms with van der Waals surface area (Å²) in [5, 5.41) is 8.01. The van der Waals surface area contributed by atoms with E-state index in [2.05, 4.69) is 10.2 Å². The molecule has 3 aromatic rings. The maximum absolute atomic E-state index is 13.0. The molecule has 0 bridgehead atoms. The van der Waals surface area contributed by atoms with Crippen LogP contribution in [0, 0.1) is 5.82 Å². The van der Waals surface area contributed by atoms with Crippen LogP contribution in [0.2, 0.25) is 0 Å². The van der Waals surface area contributed by atoms with Crippen LogP contribution in [0.15, 0.2) is 60.7 Å². The third-order valence-corrected chi connectivity index (χ3v) is 4.22. The van der Waals surface area contributed by atoms with Crippen molar-refractivity contribution in [3.63, 3.8) is 0 Å². The summed E-state index contributed by atoms with van der Waals surface area (Å²) < 4.78 is 18.5. The zero-order valence-electron chi connectivity index (χ0n) is 14.1. The number of hydrogen-bond acceptors (Lipinski definition) is 5. The van der Waals surface area contributed by atoms with Crippen LogP contribution in [-0.4, -0.2) is 40.1 Å². The van der Waals surface area contributed by atoms with Gasteiger partial charge in [0.05, 0.1) is 23.4 Å². The van der Waals surface area contributed by atoms with E-state index < -0.39 is 0 Å². The molecule has 0 radical (unpaired) electrons. The summed E-state index contributed by atoms with van der Waals surface area (Å²) >= 11 is 0. The van der Waals surface area contributed by atoms with E-state index in [1.165, 1.54) is 12.1 Å². The summed E-state index contributed by atoms with van der Waals surface area (Å²) in [6.45, 7) is 0.226. The second-order valence-corrected chi connectivity index (χ2v) is 5.92. The van der Waals surface area contributed by atoms with Crippen molar-refractivity contribution in [2.24, 2.45) is 0 Å². The van der Waals surface area contributed by atoms with Gasteiger partial charge in [0.1, 0.15) is 12.4 Å². The fraction of sp³-hybridized carbons (Fsp3) is 0.100. The predicted octanol–water partition coefficient (Wildman–Crippen LogP) is 2.96. The molecule has 2 amide bonds. The maximum Gasteiger partial charge on any atom is 0.261 e. The van der Waals surface area contributed by atoms with E-state index in [-0.39, 0.29) is 36.7 Å². The second kappa shape index (κ2) is 6.95. The lowest BCUT2D eigenvalue weighted by Gasteiger charge is -2.13. The lowest BCUT2D eigenvalue weighted by Crippen LogP contribution is -2.33. The normalized spacial score (nSPS) is 13.0. The predicted molar refractivity (Wildman–Crippen MR) is 94.7 cm³/mol. The molecule has 0 unspecified atom stereocenters. The summed E-state index contributed by atoms with van der Waals surface area (Å²) in [7, 11) is 0. The first-order valence-corrected chi connectivity index (χ1v) is 8.31. The van der Waals surface area contributed by atoms with Crippen molar-refractivity contribution in [3.05, 3.63) is 77.6 Å². The molecule has 134 valence electrons. The average Bonchev–Trinajstić information content (AvgIpc) is 2.94. The largest absolute Gasteiger partial charge is 0.475 e. The molecule has 0 atom stereocenters. The molecule has 0 saturated heterocycles. The summed E-state index contributed by atoms with van der Waals surface area (Å²) in [5.41, 5.74) is 2.14. The van der Waals surface area contributed by atoms with Crippen LogP contribution < -0.4 is 4.74 Å². The molecule has 7 heteroatoms. The molecule has 2 heterocycles. The Balaban J connectivity index is 1.37. The van der Waals surface area contributed by atoms with Crippen molar-refractivity contribution in [2.45, 2.75) is 0 Å². The Labute approximate surface area is 154 Å². The Hall–Kier alpha value is -3.61. The number of benzene rings is 2. The van der Waals surface area contributed by atoms with E-state index in [0.29, 0.717) is 16.8 Å². The minimum atomic E-state index is -0.322. The molecule has 4 rings (SSSR count). The number of ether oxygens (including phenoxy) is 1. The Bertz CT molecular complexity index is 969. The topological polar surface area (TPSA) is 72.4 Å². The molecule has 0 aliphatic carbocycles. The van der Waals surface area contributed by atoms with Gasteiger partial charge in [0.25, 0.3) is 11.8 Å². The van der Waals surface area contributed by atoms with Crippen LogP contribution in [0.1, 0.15) is 20.7 Å². The van der Waals surface area contributed by atoms with Crippen LogP contribution in [0.25, 0.3) is 11.3 Å². The molecule has 1 aliphatic heterocycles. The highest BCUT2D eigenvalue weighted by Crippen LogP contribution is 2.22. The lowest BCUT2D eigenvalue weighted by molar-refractivity contribution is 0.0630. The van der Waals surface area contributed by atoms with Gasteiger partial charge in [-0.3, -0.25) is 14.5 Å². The van der Waals surface area contributed by atoms with Gasteiger partial charge in [-0.1, -0.05) is 12.1 Å². The fourth-order valence-electron chi connectivity index (χ4n) is 2.86. The molecule has 0 fully saturated rings. The number of imide groups is 1. The Morgan fingerprint density at radius 2 is 1.52 bits per heavy atom. The molecule has 0 spiro atoms. The molecular weight excluding hydrogens is 349 g/mol. The van der Waals surface area contributed by atoms with Crippen LogP contribution in [0.3, 0.4) is 0 Å². The van der Waals surface area contributed by atoms with E-state index >= 15 is 0 Å². The maximum atomic E-state index is 13.0. The highest BCUT2D eigenvalue weighted by Gasteiger charge is 2.34. The monoisotopic (exact) mass is 363 g/mol. The lowest BCUT2D eigenvalue weighted by atomic mass is 10.1. The van der Waals surface area contributed by atoms with Crippen LogP contribution >= 0.6 is 0 Å². The van der Waals surface area contributed by atoms with E-state index in [1.807, 2.05) is 0 Å². The molecule has 27 heavy (non-hydrogen) atoms. The first kappa shape index (κ1) is 16.8. The smallest absolute Gasteiger partial charge is 0.261 e. The number of fused-ring (bicyclic) bond motifs is 1. The van der Waals surface area contributed by atoms with Crippen molar-refractivity contribution >= 4 is 11.8 Å². The van der Waals surface area contributed by atoms with Crippen molar-refractivity contribution in [1.29, 1.82) is 0 Å². The van der Waals surface area contributed by atoms with Crippen LogP contribution in [0.5, 0.6) is 5.88 Å². The molecule has 0 N–H and O–H groups in total. The van der Waals surface area contributed by atoms with E-state index in [9.17, 15) is 14.0 Å². The minimum Gasteiger partial charge on any atom is -0.475 e. The average molecular weight is 363 g/mol. The van der Waals surface area contributed by atoms with Crippen LogP contribution in [0.4, 0.5) is 4.39 Å². The number of carbonyl (C=O) groups excluding carboxylic acids is 2. The number of rotatable bonds is 5. The minimum absolute atomic E-state index is 0.107. The van der Waals surface area contributed by atoms with E-state index in [0.717, 1.165) is 10.5 Å². The van der Waals surface area contributed by atoms with Gasteiger partial charge in [0.2, 0.25) is 5.88 Å². The number of carbonyl (C=O) groups is 2. The number of aromatic nitrogens is 2. The molecule has 0 saturated carbocycles. The summed E-state index contributed by atoms with van der Waals surface area (Å²) in [6.07, 6.45) is 0. The molecule has 1 aromatic heterocycles. The van der Waals surface area contributed by atoms with Crippen molar-refractivity contribution in [1.82, 2.24) is 15.1 Å². The van der Waals surface area contributed by atoms with Gasteiger partial charge in [-0.05, 0) is 42.5 Å². The van der Waals surface area contributed by atoms with Crippen molar-refractivity contribution in [2.75, 3.05) is 13.2 Å². The summed E-state index contributed by atoms with van der Waals surface area (Å²) in [4.78, 5) is 25.7. The number of amides is 2. The van der Waals surface area contributed by atoms with Crippen molar-refractivity contribution in [3.8, 4) is 17.1 Å². The number of hydrogen-bond donors (Lipinski definition) is 0. The fourth-order valence-corrected chi connectivity index (χ4v) is 2.86. The quantitative estimate of drug-likeness (QED) is 0.652. The molecule has 1 aliphatic rings. The van der Waals surface area contributed by atoms with Gasteiger partial charge < -0.3 is 4.74 Å². The van der Waals surface area contributed by atoms with Gasteiger partial charge in [-0.15, -0.1) is 10.2 Å². The van der Waals surface area contributed by atoms with Gasteiger partial charge in [0.15, 0.2) is 0 Å². The molecular formula is C20H14FN3O3. The highest BCUT2D eigenvalue weighted by atomic mass is 19.1. The highest BCUT2D eigenvalue weighted by molar-refractivity contribution is 6.21. The summed E-state index contributed by atoms with van der Waals surface area (Å²) in [5.74, 6) is -0.689. The Morgan fingerprint density at radius 1 is 0.852 bits per heavy atom. The summed E-state index contributed by atoms with van der Waals surface area (Å²) in [6, 6.07) is 16.0. The number of nitrogens with zero attached hydrogens (tertiary/aromatic N) is 3. The van der Waals surface area contributed by atoms with Gasteiger partial charge in [0, 0.05) is 11.6 Å². The zero-order chi connectivity index (χ0) is 18.8.